The lowest BCUT2D eigenvalue weighted by atomic mass is 9.94. The molecule has 3 rings (SSSR count). The minimum absolute atomic E-state index is 0.140. The van der Waals surface area contributed by atoms with Crippen molar-refractivity contribution in [2.45, 2.75) is 44.9 Å². The van der Waals surface area contributed by atoms with Gasteiger partial charge in [-0.2, -0.15) is 0 Å². The van der Waals surface area contributed by atoms with Gasteiger partial charge in [-0.25, -0.2) is 4.21 Å². The molecule has 1 amide bonds. The molecule has 0 fully saturated rings. The molecule has 1 aliphatic heterocycles. The average molecular weight is 502 g/mol. The molecular weight excluding hydrogens is 466 g/mol. The molecule has 8 nitrogen and oxygen atoms in total. The minimum atomic E-state index is -1.57. The number of carbonyl (C=O) groups is 2. The van der Waals surface area contributed by atoms with Gasteiger partial charge in [0.1, 0.15) is 0 Å². The lowest BCUT2D eigenvalue weighted by Gasteiger charge is -2.25. The van der Waals surface area contributed by atoms with E-state index in [2.05, 4.69) is 10.3 Å². The van der Waals surface area contributed by atoms with Crippen molar-refractivity contribution in [3.63, 3.8) is 0 Å². The van der Waals surface area contributed by atoms with E-state index >= 15 is 0 Å². The fourth-order valence-electron chi connectivity index (χ4n) is 4.45. The molecule has 190 valence electrons. The highest BCUT2D eigenvalue weighted by Gasteiger charge is 2.26. The summed E-state index contributed by atoms with van der Waals surface area (Å²) in [7, 11) is 3.82. The molecule has 0 spiro atoms. The van der Waals surface area contributed by atoms with Crippen molar-refractivity contribution in [3.8, 4) is 0 Å². The van der Waals surface area contributed by atoms with Gasteiger partial charge in [-0.15, -0.1) is 0 Å². The molecule has 0 saturated carbocycles. The number of rotatable bonds is 11. The molecule has 1 aromatic carbocycles. The zero-order valence-electron chi connectivity index (χ0n) is 21.2. The smallest absolute Gasteiger partial charge is 0.253 e. The number of hydrogen-bond donors (Lipinski definition) is 2. The fourth-order valence-corrected chi connectivity index (χ4v) is 5.40. The van der Waals surface area contributed by atoms with E-state index in [1.165, 1.54) is 0 Å². The van der Waals surface area contributed by atoms with Gasteiger partial charge in [-0.05, 0) is 69.4 Å². The number of nitrogens with one attached hydrogen (secondary N) is 2. The van der Waals surface area contributed by atoms with Crippen molar-refractivity contribution < 1.29 is 22.7 Å². The number of anilines is 1. The van der Waals surface area contributed by atoms with E-state index < -0.39 is 11.1 Å². The summed E-state index contributed by atoms with van der Waals surface area (Å²) >= 11 is -1.57. The number of fused-ring (bicyclic) bond motifs is 1. The SMILES string of the molecule is CCNC(=O)c1c(C)[nH]c(/C=C(\C=O)c2c(N(C)C)ccc3c2CCOS3=O)c1CCCOCC. The molecule has 1 atom stereocenters. The quantitative estimate of drug-likeness (QED) is 0.278. The van der Waals surface area contributed by atoms with Crippen molar-refractivity contribution in [1.29, 1.82) is 0 Å². The third kappa shape index (κ3) is 5.91. The number of amides is 1. The molecule has 1 aliphatic rings. The number of benzene rings is 1. The number of carbonyl (C=O) groups excluding carboxylic acids is 2. The number of aldehydes is 1. The Bertz CT molecular complexity index is 1140. The molecule has 0 bridgehead atoms. The Morgan fingerprint density at radius 3 is 2.71 bits per heavy atom. The maximum atomic E-state index is 12.9. The molecule has 35 heavy (non-hydrogen) atoms. The number of H-pyrrole nitrogens is 1. The number of aromatic nitrogens is 1. The number of allylic oxidation sites excluding steroid dienone is 1. The summed E-state index contributed by atoms with van der Waals surface area (Å²) in [6.45, 7) is 7.76. The highest BCUT2D eigenvalue weighted by molar-refractivity contribution is 7.80. The molecule has 2 N–H and O–H groups in total. The molecule has 1 unspecified atom stereocenters. The van der Waals surface area contributed by atoms with Crippen molar-refractivity contribution >= 4 is 40.6 Å². The van der Waals surface area contributed by atoms with Crippen LogP contribution in [0, 0.1) is 6.92 Å². The van der Waals surface area contributed by atoms with E-state index in [-0.39, 0.29) is 5.91 Å². The Labute approximate surface area is 209 Å². The Morgan fingerprint density at radius 2 is 2.06 bits per heavy atom. The summed E-state index contributed by atoms with van der Waals surface area (Å²) in [5, 5.41) is 2.89. The lowest BCUT2D eigenvalue weighted by molar-refractivity contribution is -0.103. The van der Waals surface area contributed by atoms with Crippen LogP contribution in [0.2, 0.25) is 0 Å². The Morgan fingerprint density at radius 1 is 1.29 bits per heavy atom. The summed E-state index contributed by atoms with van der Waals surface area (Å²) < 4.78 is 23.3. The zero-order valence-corrected chi connectivity index (χ0v) is 22.0. The van der Waals surface area contributed by atoms with Gasteiger partial charge < -0.3 is 19.9 Å². The number of aromatic amines is 1. The van der Waals surface area contributed by atoms with Crippen molar-refractivity contribution in [2.24, 2.45) is 0 Å². The van der Waals surface area contributed by atoms with Gasteiger partial charge in [-0.3, -0.25) is 13.8 Å². The van der Waals surface area contributed by atoms with Crippen molar-refractivity contribution in [1.82, 2.24) is 10.3 Å². The lowest BCUT2D eigenvalue weighted by Crippen LogP contribution is -2.24. The molecule has 0 aliphatic carbocycles. The van der Waals surface area contributed by atoms with Gasteiger partial charge in [-0.1, -0.05) is 0 Å². The largest absolute Gasteiger partial charge is 0.382 e. The number of hydrogen-bond acceptors (Lipinski definition) is 6. The Kier molecular flexibility index (Phi) is 9.42. The van der Waals surface area contributed by atoms with Crippen LogP contribution in [0.3, 0.4) is 0 Å². The maximum Gasteiger partial charge on any atom is 0.253 e. The fraction of sp³-hybridized carbons (Fsp3) is 0.462. The second kappa shape index (κ2) is 12.3. The second-order valence-corrected chi connectivity index (χ2v) is 9.68. The highest BCUT2D eigenvalue weighted by Crippen LogP contribution is 2.36. The van der Waals surface area contributed by atoms with Crippen molar-refractivity contribution in [2.75, 3.05) is 45.4 Å². The van der Waals surface area contributed by atoms with Gasteiger partial charge in [0.2, 0.25) is 0 Å². The third-order valence-corrected chi connectivity index (χ3v) is 7.10. The predicted molar refractivity (Wildman–Crippen MR) is 139 cm³/mol. The molecule has 0 saturated heterocycles. The van der Waals surface area contributed by atoms with Crippen LogP contribution in [0.5, 0.6) is 0 Å². The van der Waals surface area contributed by atoms with Crippen LogP contribution >= 0.6 is 0 Å². The van der Waals surface area contributed by atoms with Crippen LogP contribution in [0.1, 0.15) is 58.7 Å². The third-order valence-electron chi connectivity index (χ3n) is 5.98. The van der Waals surface area contributed by atoms with E-state index in [0.717, 1.165) is 46.5 Å². The zero-order chi connectivity index (χ0) is 25.5. The van der Waals surface area contributed by atoms with Gasteiger partial charge in [0.25, 0.3) is 5.91 Å². The van der Waals surface area contributed by atoms with Crippen LogP contribution in [0.25, 0.3) is 11.6 Å². The number of aryl methyl sites for hydroxylation is 1. The van der Waals surface area contributed by atoms with Gasteiger partial charge in [0, 0.05) is 62.1 Å². The second-order valence-electron chi connectivity index (χ2n) is 8.53. The monoisotopic (exact) mass is 501 g/mol. The summed E-state index contributed by atoms with van der Waals surface area (Å²) in [5.41, 5.74) is 5.84. The summed E-state index contributed by atoms with van der Waals surface area (Å²) in [5.74, 6) is -0.140. The van der Waals surface area contributed by atoms with E-state index in [1.54, 1.807) is 12.1 Å². The molecule has 0 radical (unpaired) electrons. The summed E-state index contributed by atoms with van der Waals surface area (Å²) in [4.78, 5) is 31.2. The first-order valence-electron chi connectivity index (χ1n) is 12.0. The standard InChI is InChI=1S/C26H35N3O5S/c1-6-27-26(31)24-17(3)28-21(19(24)9-8-13-33-7-2)15-18(16-30)25-20-12-14-34-35(32)23(20)11-10-22(25)29(4)5/h10-11,15-16,28H,6-9,12-14H2,1-5H3,(H,27,31)/b18-15+. The minimum Gasteiger partial charge on any atom is -0.382 e. The molecule has 1 aromatic heterocycles. The Balaban J connectivity index is 2.18. The first kappa shape index (κ1) is 26.8. The topological polar surface area (TPSA) is 101 Å². The van der Waals surface area contributed by atoms with Gasteiger partial charge in [0.15, 0.2) is 17.4 Å². The number of ether oxygens (including phenoxy) is 1. The number of nitrogens with zero attached hydrogens (tertiary/aromatic N) is 1. The highest BCUT2D eigenvalue weighted by atomic mass is 32.2. The summed E-state index contributed by atoms with van der Waals surface area (Å²) in [6.07, 6.45) is 4.56. The van der Waals surface area contributed by atoms with Crippen LogP contribution in [-0.4, -0.2) is 61.8 Å². The predicted octanol–water partition coefficient (Wildman–Crippen LogP) is 3.44. The average Bonchev–Trinajstić information content (AvgIpc) is 3.14. The van der Waals surface area contributed by atoms with E-state index in [4.69, 9.17) is 8.92 Å². The molecule has 9 heteroatoms. The van der Waals surface area contributed by atoms with E-state index in [9.17, 15) is 13.8 Å². The Hall–Kier alpha value is -2.75. The molecule has 2 heterocycles. The van der Waals surface area contributed by atoms with Crippen molar-refractivity contribution in [3.05, 3.63) is 45.8 Å². The summed E-state index contributed by atoms with van der Waals surface area (Å²) in [6, 6.07) is 3.66. The van der Waals surface area contributed by atoms with Crippen LogP contribution in [-0.2, 0) is 37.6 Å². The first-order chi connectivity index (χ1) is 16.8. The first-order valence-corrected chi connectivity index (χ1v) is 13.0. The van der Waals surface area contributed by atoms with Gasteiger partial charge in [0.05, 0.1) is 17.1 Å². The van der Waals surface area contributed by atoms with Gasteiger partial charge >= 0.3 is 0 Å². The normalized spacial score (nSPS) is 15.6. The molecular formula is C26H35N3O5S. The van der Waals surface area contributed by atoms with Crippen LogP contribution < -0.4 is 10.2 Å². The maximum absolute atomic E-state index is 12.9. The molecule has 2 aromatic rings. The van der Waals surface area contributed by atoms with E-state index in [0.29, 0.717) is 55.2 Å². The van der Waals surface area contributed by atoms with Crippen LogP contribution in [0.15, 0.2) is 17.0 Å². The van der Waals surface area contributed by atoms with E-state index in [1.807, 2.05) is 45.8 Å². The van der Waals surface area contributed by atoms with Crippen LogP contribution in [0.4, 0.5) is 5.69 Å².